The van der Waals surface area contributed by atoms with Crippen molar-refractivity contribution in [3.05, 3.63) is 106 Å². The predicted molar refractivity (Wildman–Crippen MR) is 155 cm³/mol. The van der Waals surface area contributed by atoms with E-state index in [1.807, 2.05) is 6.07 Å². The maximum atomic E-state index is 13.3. The zero-order valence-electron chi connectivity index (χ0n) is 22.8. The molecule has 42 heavy (non-hydrogen) atoms. The summed E-state index contributed by atoms with van der Waals surface area (Å²) in [7, 11) is -2.41. The van der Waals surface area contributed by atoms with Crippen molar-refractivity contribution in [2.45, 2.75) is 30.2 Å². The number of hydrogen-bond acceptors (Lipinski definition) is 8. The van der Waals surface area contributed by atoms with E-state index in [-0.39, 0.29) is 24.6 Å². The molecule has 0 unspecified atom stereocenters. The molecule has 1 saturated carbocycles. The molecule has 0 spiro atoms. The van der Waals surface area contributed by atoms with E-state index in [9.17, 15) is 23.1 Å². The minimum atomic E-state index is -3.90. The van der Waals surface area contributed by atoms with Crippen LogP contribution in [0.15, 0.2) is 77.7 Å². The lowest BCUT2D eigenvalue weighted by Crippen LogP contribution is -2.42. The maximum absolute atomic E-state index is 13.3. The fourth-order valence-corrected chi connectivity index (χ4v) is 6.37. The van der Waals surface area contributed by atoms with Crippen LogP contribution in [0.4, 0.5) is 0 Å². The van der Waals surface area contributed by atoms with Gasteiger partial charge in [-0.15, -0.1) is 0 Å². The average Bonchev–Trinajstić information content (AvgIpc) is 3.82. The Labute approximate surface area is 242 Å². The number of sulfonamides is 1. The van der Waals surface area contributed by atoms with Crippen molar-refractivity contribution >= 4 is 26.8 Å². The van der Waals surface area contributed by atoms with Gasteiger partial charge in [0, 0.05) is 25.2 Å². The fourth-order valence-electron chi connectivity index (χ4n) is 4.68. The molecule has 2 heterocycles. The molecule has 3 N–H and O–H groups in total. The molecular formula is C30H29N5O6S. The molecule has 11 nitrogen and oxygen atoms in total. The molecule has 1 fully saturated rings. The van der Waals surface area contributed by atoms with Crippen molar-refractivity contribution in [1.29, 1.82) is 5.26 Å². The highest BCUT2D eigenvalue weighted by Crippen LogP contribution is 2.44. The summed E-state index contributed by atoms with van der Waals surface area (Å²) < 4.78 is 35.3. The molecule has 1 aliphatic rings. The van der Waals surface area contributed by atoms with Gasteiger partial charge in [-0.25, -0.2) is 18.1 Å². The number of fused-ring (bicyclic) bond motifs is 1. The summed E-state index contributed by atoms with van der Waals surface area (Å²) in [6, 6.07) is 19.9. The average molecular weight is 588 g/mol. The van der Waals surface area contributed by atoms with Gasteiger partial charge < -0.3 is 19.7 Å². The Balaban J connectivity index is 1.33. The Hall–Kier alpha value is -4.57. The maximum Gasteiger partial charge on any atom is 0.263 e. The van der Waals surface area contributed by atoms with Gasteiger partial charge in [0.05, 0.1) is 24.3 Å². The Morgan fingerprint density at radius 1 is 1.17 bits per heavy atom. The molecule has 1 amide bonds. The quantitative estimate of drug-likeness (QED) is 0.241. The summed E-state index contributed by atoms with van der Waals surface area (Å²) in [5.74, 6) is -0.494. The zero-order valence-corrected chi connectivity index (χ0v) is 23.6. The number of nitrogens with one attached hydrogen (secondary N) is 2. The molecule has 2 aromatic heterocycles. The number of ether oxygens (including phenoxy) is 1. The zero-order chi connectivity index (χ0) is 29.9. The third-order valence-electron chi connectivity index (χ3n) is 7.40. The fraction of sp³-hybridized carbons (Fsp3) is 0.267. The lowest BCUT2D eigenvalue weighted by atomic mass is 10.1. The normalized spacial score (nSPS) is 14.6. The van der Waals surface area contributed by atoms with Crippen LogP contribution in [0.5, 0.6) is 5.88 Å². The number of hydrogen-bond donors (Lipinski definition) is 3. The standard InChI is InChI=1S/C30H29N5O6S/c1-35-26-23(15-24(29(35)38)27(37)33-17-21-9-7-20(16-31)8-10-21)11-14-32-28(26)41-19-30(12-13-30)42(39,40)34-25(18-36)22-5-3-2-4-6-22/h2-11,14-15,25,34,36H,12-13,17-19H2,1H3,(H,33,37)/t25-/m0/s1. The summed E-state index contributed by atoms with van der Waals surface area (Å²) in [6.07, 6.45) is 2.19. The van der Waals surface area contributed by atoms with Crippen molar-refractivity contribution in [3.8, 4) is 11.9 Å². The van der Waals surface area contributed by atoms with Gasteiger partial charge in [-0.05, 0) is 48.2 Å². The highest BCUT2D eigenvalue weighted by molar-refractivity contribution is 7.91. The number of nitriles is 1. The van der Waals surface area contributed by atoms with Gasteiger partial charge in [0.15, 0.2) is 0 Å². The first kappa shape index (κ1) is 28.9. The van der Waals surface area contributed by atoms with E-state index in [2.05, 4.69) is 15.0 Å². The van der Waals surface area contributed by atoms with E-state index in [1.54, 1.807) is 60.7 Å². The number of aromatic nitrogens is 2. The van der Waals surface area contributed by atoms with E-state index in [0.29, 0.717) is 34.9 Å². The van der Waals surface area contributed by atoms with Crippen LogP contribution in [0, 0.1) is 11.3 Å². The third kappa shape index (κ3) is 5.75. The van der Waals surface area contributed by atoms with Crippen LogP contribution < -0.4 is 20.3 Å². The smallest absolute Gasteiger partial charge is 0.263 e. The van der Waals surface area contributed by atoms with Crippen LogP contribution in [-0.4, -0.2) is 46.9 Å². The van der Waals surface area contributed by atoms with E-state index in [4.69, 9.17) is 10.00 Å². The molecular weight excluding hydrogens is 558 g/mol. The second kappa shape index (κ2) is 11.7. The second-order valence-corrected chi connectivity index (χ2v) is 12.3. The molecule has 1 aliphatic carbocycles. The second-order valence-electron chi connectivity index (χ2n) is 10.2. The number of carbonyl (C=O) groups is 1. The Bertz CT molecular complexity index is 1830. The molecule has 12 heteroatoms. The summed E-state index contributed by atoms with van der Waals surface area (Å²) in [5, 5.41) is 22.0. The number of aryl methyl sites for hydroxylation is 1. The number of pyridine rings is 2. The summed E-state index contributed by atoms with van der Waals surface area (Å²) in [4.78, 5) is 30.4. The Morgan fingerprint density at radius 3 is 2.52 bits per heavy atom. The lowest BCUT2D eigenvalue weighted by molar-refractivity contribution is 0.0949. The minimum Gasteiger partial charge on any atom is -0.474 e. The number of benzene rings is 2. The van der Waals surface area contributed by atoms with Gasteiger partial charge in [0.1, 0.15) is 22.4 Å². The van der Waals surface area contributed by atoms with Gasteiger partial charge in [-0.2, -0.15) is 5.26 Å². The van der Waals surface area contributed by atoms with E-state index < -0.39 is 38.9 Å². The Kier molecular flexibility index (Phi) is 8.08. The highest BCUT2D eigenvalue weighted by Gasteiger charge is 2.56. The highest BCUT2D eigenvalue weighted by atomic mass is 32.2. The van der Waals surface area contributed by atoms with Crippen LogP contribution in [0.3, 0.4) is 0 Å². The monoisotopic (exact) mass is 587 g/mol. The van der Waals surface area contributed by atoms with E-state index in [1.165, 1.54) is 23.9 Å². The summed E-state index contributed by atoms with van der Waals surface area (Å²) >= 11 is 0. The number of carbonyl (C=O) groups excluding carboxylic acids is 1. The van der Waals surface area contributed by atoms with Gasteiger partial charge >= 0.3 is 0 Å². The first-order valence-corrected chi connectivity index (χ1v) is 14.7. The van der Waals surface area contributed by atoms with E-state index >= 15 is 0 Å². The molecule has 2 aromatic carbocycles. The molecule has 0 bridgehead atoms. The number of amides is 1. The van der Waals surface area contributed by atoms with E-state index in [0.717, 1.165) is 5.56 Å². The number of aliphatic hydroxyl groups is 1. The molecule has 4 aromatic rings. The van der Waals surface area contributed by atoms with Crippen molar-refractivity contribution in [2.75, 3.05) is 13.2 Å². The summed E-state index contributed by atoms with van der Waals surface area (Å²) in [5.41, 5.74) is 1.60. The van der Waals surface area contributed by atoms with Crippen molar-refractivity contribution in [3.63, 3.8) is 0 Å². The van der Waals surface area contributed by atoms with Crippen molar-refractivity contribution in [1.82, 2.24) is 19.6 Å². The molecule has 5 rings (SSSR count). The molecule has 0 saturated heterocycles. The topological polar surface area (TPSA) is 163 Å². The molecule has 0 radical (unpaired) electrons. The first-order chi connectivity index (χ1) is 20.2. The van der Waals surface area contributed by atoms with Gasteiger partial charge in [-0.3, -0.25) is 9.59 Å². The molecule has 0 aliphatic heterocycles. The lowest BCUT2D eigenvalue weighted by Gasteiger charge is -2.23. The summed E-state index contributed by atoms with van der Waals surface area (Å²) in [6.45, 7) is -0.443. The van der Waals surface area contributed by atoms with Crippen LogP contribution in [0.2, 0.25) is 0 Å². The van der Waals surface area contributed by atoms with Crippen LogP contribution in [-0.2, 0) is 23.6 Å². The molecule has 1 atom stereocenters. The van der Waals surface area contributed by atoms with Gasteiger partial charge in [-0.1, -0.05) is 42.5 Å². The van der Waals surface area contributed by atoms with Gasteiger partial charge in [0.25, 0.3) is 11.5 Å². The van der Waals surface area contributed by atoms with Crippen molar-refractivity contribution in [2.24, 2.45) is 7.05 Å². The molecule has 216 valence electrons. The number of aliphatic hydroxyl groups excluding tert-OH is 1. The first-order valence-electron chi connectivity index (χ1n) is 13.2. The predicted octanol–water partition coefficient (Wildman–Crippen LogP) is 2.30. The Morgan fingerprint density at radius 2 is 1.88 bits per heavy atom. The largest absolute Gasteiger partial charge is 0.474 e. The van der Waals surface area contributed by atoms with Crippen molar-refractivity contribution < 1.29 is 23.1 Å². The van der Waals surface area contributed by atoms with Crippen LogP contribution in [0.1, 0.15) is 45.9 Å². The van der Waals surface area contributed by atoms with Crippen LogP contribution in [0.25, 0.3) is 10.9 Å². The number of rotatable bonds is 11. The van der Waals surface area contributed by atoms with Gasteiger partial charge in [0.2, 0.25) is 15.9 Å². The SMILES string of the molecule is Cn1c(=O)c(C(=O)NCc2ccc(C#N)cc2)cc2ccnc(OCC3(S(=O)(=O)N[C@@H](CO)c4ccccc4)CC3)c21. The van der Waals surface area contributed by atoms with Crippen LogP contribution >= 0.6 is 0 Å². The third-order valence-corrected chi connectivity index (χ3v) is 9.67. The minimum absolute atomic E-state index is 0.0693. The number of nitrogens with zero attached hydrogens (tertiary/aromatic N) is 3.